The fraction of sp³-hybridized carbons (Fsp3) is 0.754. The quantitative estimate of drug-likeness (QED) is 0.0345. The first-order chi connectivity index (χ1) is 34.6. The summed E-state index contributed by atoms with van der Waals surface area (Å²) in [4.78, 5) is 25.6. The maximum absolute atomic E-state index is 12.9. The molecule has 0 spiro atoms. The second-order valence-electron chi connectivity index (χ2n) is 19.9. The molecule has 0 N–H and O–H groups in total. The highest BCUT2D eigenvalue weighted by molar-refractivity contribution is 5.70. The Hall–Kier alpha value is -2.92. The molecular weight excluding hydrogens is 861 g/mol. The van der Waals surface area contributed by atoms with Gasteiger partial charge in [-0.2, -0.15) is 0 Å². The van der Waals surface area contributed by atoms with E-state index in [4.69, 9.17) is 14.2 Å². The average molecular weight is 976 g/mol. The average Bonchev–Trinajstić information content (AvgIpc) is 3.36. The number of ether oxygens (including phenoxy) is 3. The molecule has 0 saturated heterocycles. The molecule has 5 nitrogen and oxygen atoms in total. The molecule has 0 aromatic heterocycles. The Balaban J connectivity index is 4.34. The van der Waals surface area contributed by atoms with Crippen LogP contribution in [0.3, 0.4) is 0 Å². The van der Waals surface area contributed by atoms with Crippen molar-refractivity contribution in [2.45, 2.75) is 297 Å². The summed E-state index contributed by atoms with van der Waals surface area (Å²) in [6.45, 7) is 7.52. The highest BCUT2D eigenvalue weighted by Crippen LogP contribution is 2.16. The van der Waals surface area contributed by atoms with Gasteiger partial charge in [0.05, 0.1) is 13.2 Å². The fourth-order valence-electron chi connectivity index (χ4n) is 8.49. The van der Waals surface area contributed by atoms with Crippen molar-refractivity contribution in [3.8, 4) is 0 Å². The number of allylic oxidation sites excluding steroid dienone is 13. The summed E-state index contributed by atoms with van der Waals surface area (Å²) in [5, 5.41) is 0. The predicted molar refractivity (Wildman–Crippen MR) is 307 cm³/mol. The molecule has 70 heavy (non-hydrogen) atoms. The largest absolute Gasteiger partial charge is 0.462 e. The zero-order valence-electron chi connectivity index (χ0n) is 46.5. The van der Waals surface area contributed by atoms with Crippen molar-refractivity contribution < 1.29 is 23.8 Å². The summed E-state index contributed by atoms with van der Waals surface area (Å²) in [6, 6.07) is 0. The lowest BCUT2D eigenvalue weighted by Crippen LogP contribution is -2.30. The summed E-state index contributed by atoms with van der Waals surface area (Å²) in [7, 11) is 0. The predicted octanol–water partition coefficient (Wildman–Crippen LogP) is 20.8. The van der Waals surface area contributed by atoms with Crippen molar-refractivity contribution in [3.05, 3.63) is 85.1 Å². The van der Waals surface area contributed by atoms with Crippen molar-refractivity contribution in [2.24, 2.45) is 0 Å². The highest BCUT2D eigenvalue weighted by atomic mass is 16.6. The molecule has 0 aromatic rings. The van der Waals surface area contributed by atoms with Crippen molar-refractivity contribution in [1.29, 1.82) is 0 Å². The first-order valence-electron chi connectivity index (χ1n) is 30.1. The molecule has 1 atom stereocenters. The molecule has 0 saturated carbocycles. The number of rotatable bonds is 55. The minimum Gasteiger partial charge on any atom is -0.462 e. The Morgan fingerprint density at radius 1 is 0.329 bits per heavy atom. The molecule has 0 rings (SSSR count). The molecule has 0 aromatic carbocycles. The molecule has 0 aliphatic carbocycles. The summed E-state index contributed by atoms with van der Waals surface area (Å²) < 4.78 is 17.4. The summed E-state index contributed by atoms with van der Waals surface area (Å²) in [6.07, 6.45) is 80.6. The van der Waals surface area contributed by atoms with Crippen molar-refractivity contribution in [1.82, 2.24) is 0 Å². The van der Waals surface area contributed by atoms with Crippen LogP contribution in [0, 0.1) is 0 Å². The van der Waals surface area contributed by atoms with Gasteiger partial charge in [0.2, 0.25) is 0 Å². The smallest absolute Gasteiger partial charge is 0.306 e. The summed E-state index contributed by atoms with van der Waals surface area (Å²) in [5.41, 5.74) is 0. The molecule has 0 bridgehead atoms. The van der Waals surface area contributed by atoms with Gasteiger partial charge in [-0.05, 0) is 83.5 Å². The first-order valence-corrected chi connectivity index (χ1v) is 30.1. The third kappa shape index (κ3) is 57.7. The van der Waals surface area contributed by atoms with Crippen LogP contribution in [0.1, 0.15) is 290 Å². The van der Waals surface area contributed by atoms with Gasteiger partial charge in [0, 0.05) is 12.8 Å². The van der Waals surface area contributed by atoms with E-state index in [-0.39, 0.29) is 25.2 Å². The number of unbranched alkanes of at least 4 members (excludes halogenated alkanes) is 30. The Morgan fingerprint density at radius 2 is 0.643 bits per heavy atom. The third-order valence-electron chi connectivity index (χ3n) is 12.9. The van der Waals surface area contributed by atoms with Gasteiger partial charge in [0.25, 0.3) is 0 Å². The van der Waals surface area contributed by atoms with Gasteiger partial charge in [-0.15, -0.1) is 0 Å². The molecule has 0 heterocycles. The van der Waals surface area contributed by atoms with Crippen molar-refractivity contribution in [2.75, 3.05) is 19.8 Å². The van der Waals surface area contributed by atoms with Gasteiger partial charge in [-0.1, -0.05) is 279 Å². The van der Waals surface area contributed by atoms with Crippen LogP contribution in [0.15, 0.2) is 85.1 Å². The minimum absolute atomic E-state index is 0.0530. The van der Waals surface area contributed by atoms with E-state index in [1.165, 1.54) is 180 Å². The van der Waals surface area contributed by atoms with Gasteiger partial charge < -0.3 is 14.2 Å². The molecular formula is C65H114O5. The van der Waals surface area contributed by atoms with Gasteiger partial charge in [-0.3, -0.25) is 9.59 Å². The summed E-state index contributed by atoms with van der Waals surface area (Å²) in [5.74, 6) is -0.432. The van der Waals surface area contributed by atoms with E-state index in [9.17, 15) is 9.59 Å². The number of carbonyl (C=O) groups is 2. The van der Waals surface area contributed by atoms with E-state index in [0.29, 0.717) is 19.4 Å². The monoisotopic (exact) mass is 975 g/mol. The SMILES string of the molecule is CC/C=C\C/C=C\C/C=C\C/C=C\C/C=C\CCOCC(COC(=O)CCCCCCCCCCC/C=C\C/C=C\CCCCC)OC(=O)CCCCCCCCCCCCCCCCCCCCC. The standard InChI is InChI=1S/C65H114O5/c1-4-7-10-13-16-19-22-25-28-31-33-35-37-40-43-46-49-52-55-58-64(66)69-62-63(61-68-60-57-54-51-48-45-42-39-30-27-24-21-18-15-12-9-6-3)70-65(67)59-56-53-50-47-44-41-38-36-34-32-29-26-23-20-17-14-11-8-5-2/h9,12,16,18-19,21,25,27-28,30,42,45,51,54,63H,4-8,10-11,13-15,17,20,22-24,26,29,31-41,43-44,46-50,52-53,55-62H2,1-3H3/b12-9-,19-16-,21-18-,28-25-,30-27-,45-42-,54-51-. The molecule has 0 fully saturated rings. The maximum Gasteiger partial charge on any atom is 0.306 e. The topological polar surface area (TPSA) is 61.8 Å². The maximum atomic E-state index is 12.9. The van der Waals surface area contributed by atoms with E-state index in [0.717, 1.165) is 77.0 Å². The van der Waals surface area contributed by atoms with Gasteiger partial charge in [0.15, 0.2) is 6.10 Å². The van der Waals surface area contributed by atoms with Crippen LogP contribution in [0.25, 0.3) is 0 Å². The normalized spacial score (nSPS) is 12.8. The van der Waals surface area contributed by atoms with E-state index in [1.54, 1.807) is 0 Å². The van der Waals surface area contributed by atoms with Crippen molar-refractivity contribution in [3.63, 3.8) is 0 Å². The van der Waals surface area contributed by atoms with E-state index in [1.807, 2.05) is 0 Å². The number of esters is 2. The Morgan fingerprint density at radius 3 is 1.06 bits per heavy atom. The molecule has 0 radical (unpaired) electrons. The number of hydrogen-bond acceptors (Lipinski definition) is 5. The zero-order valence-corrected chi connectivity index (χ0v) is 46.5. The van der Waals surface area contributed by atoms with Gasteiger partial charge in [0.1, 0.15) is 6.61 Å². The summed E-state index contributed by atoms with van der Waals surface area (Å²) >= 11 is 0. The molecule has 1 unspecified atom stereocenters. The van der Waals surface area contributed by atoms with Gasteiger partial charge >= 0.3 is 11.9 Å². The molecule has 404 valence electrons. The van der Waals surface area contributed by atoms with Crippen LogP contribution < -0.4 is 0 Å². The molecule has 0 aliphatic heterocycles. The lowest BCUT2D eigenvalue weighted by atomic mass is 10.0. The lowest BCUT2D eigenvalue weighted by Gasteiger charge is -2.18. The number of hydrogen-bond donors (Lipinski definition) is 0. The first kappa shape index (κ1) is 67.1. The van der Waals surface area contributed by atoms with Crippen LogP contribution in [0.5, 0.6) is 0 Å². The van der Waals surface area contributed by atoms with E-state index in [2.05, 4.69) is 106 Å². The molecule has 0 amide bonds. The van der Waals surface area contributed by atoms with Crippen molar-refractivity contribution >= 4 is 11.9 Å². The van der Waals surface area contributed by atoms with Gasteiger partial charge in [-0.25, -0.2) is 0 Å². The zero-order chi connectivity index (χ0) is 50.6. The van der Waals surface area contributed by atoms with Crippen LogP contribution in [-0.2, 0) is 23.8 Å². The lowest BCUT2D eigenvalue weighted by molar-refractivity contribution is -0.162. The third-order valence-corrected chi connectivity index (χ3v) is 12.9. The van der Waals surface area contributed by atoms with Crippen LogP contribution in [0.2, 0.25) is 0 Å². The van der Waals surface area contributed by atoms with Crippen LogP contribution >= 0.6 is 0 Å². The minimum atomic E-state index is -0.580. The van der Waals surface area contributed by atoms with Crippen LogP contribution in [-0.4, -0.2) is 37.9 Å². The number of carbonyl (C=O) groups excluding carboxylic acids is 2. The van der Waals surface area contributed by atoms with E-state index < -0.39 is 6.10 Å². The second-order valence-corrected chi connectivity index (χ2v) is 19.9. The fourth-order valence-corrected chi connectivity index (χ4v) is 8.49. The Bertz CT molecular complexity index is 1290. The Kier molecular flexibility index (Phi) is 57.9. The molecule has 0 aliphatic rings. The highest BCUT2D eigenvalue weighted by Gasteiger charge is 2.17. The molecule has 5 heteroatoms. The Labute approximate surface area is 435 Å². The van der Waals surface area contributed by atoms with Crippen LogP contribution in [0.4, 0.5) is 0 Å². The second kappa shape index (κ2) is 60.4. The van der Waals surface area contributed by atoms with E-state index >= 15 is 0 Å².